The number of hydrogen-bond acceptors (Lipinski definition) is 4. The minimum Gasteiger partial charge on any atom is -0.396 e. The predicted octanol–water partition coefficient (Wildman–Crippen LogP) is 4.13. The van der Waals surface area contributed by atoms with Crippen LogP contribution in [0, 0.1) is 5.92 Å². The van der Waals surface area contributed by atoms with Crippen LogP contribution >= 0.6 is 0 Å². The van der Waals surface area contributed by atoms with Crippen molar-refractivity contribution in [3.63, 3.8) is 0 Å². The molecule has 3 aliphatic heterocycles. The number of aliphatic hydroxyl groups is 1. The molecule has 0 aliphatic carbocycles. The van der Waals surface area contributed by atoms with E-state index in [1.54, 1.807) is 22.9 Å². The van der Waals surface area contributed by atoms with E-state index in [9.17, 15) is 14.7 Å². The molecule has 2 aromatic rings. The highest BCUT2D eigenvalue weighted by Crippen LogP contribution is 2.60. The third kappa shape index (κ3) is 3.42. The van der Waals surface area contributed by atoms with Gasteiger partial charge in [0.25, 0.3) is 5.91 Å². The lowest BCUT2D eigenvalue weighted by Crippen LogP contribution is -2.45. The van der Waals surface area contributed by atoms with Gasteiger partial charge in [0.2, 0.25) is 14.3 Å². The normalized spacial score (nSPS) is 28.6. The standard InChI is InChI=1S/C26H31FN2O4Si/c1-17-24(34(2,3)27)22(12-14-30)33-26(17)20-15-19(28-13-11-23(28)31)9-10-21(20)29(25(26)32)16-18-7-5-4-6-8-18/h4-10,15,17,22,24,30H,11-14,16H2,1-3H3/t17-,22+,24-,26+/m1/s1. The number of carbonyl (C=O) groups excluding carboxylic acids is 2. The molecule has 5 rings (SSSR count). The second-order valence-corrected chi connectivity index (χ2v) is 14.0. The zero-order valence-electron chi connectivity index (χ0n) is 19.8. The van der Waals surface area contributed by atoms with Crippen molar-refractivity contribution in [3.8, 4) is 0 Å². The summed E-state index contributed by atoms with van der Waals surface area (Å²) in [5, 5.41) is 9.69. The summed E-state index contributed by atoms with van der Waals surface area (Å²) in [6, 6.07) is 15.4. The zero-order chi connectivity index (χ0) is 24.3. The van der Waals surface area contributed by atoms with Crippen LogP contribution in [0.15, 0.2) is 48.5 Å². The second kappa shape index (κ2) is 8.29. The molecular formula is C26H31FN2O4Si. The van der Waals surface area contributed by atoms with E-state index in [2.05, 4.69) is 0 Å². The molecule has 0 saturated carbocycles. The van der Waals surface area contributed by atoms with Gasteiger partial charge in [0, 0.05) is 42.3 Å². The minimum absolute atomic E-state index is 0.0492. The molecule has 2 aromatic carbocycles. The summed E-state index contributed by atoms with van der Waals surface area (Å²) in [5.74, 6) is -0.562. The Hall–Kier alpha value is -2.55. The van der Waals surface area contributed by atoms with E-state index in [0.29, 0.717) is 25.1 Å². The van der Waals surface area contributed by atoms with E-state index < -0.39 is 31.6 Å². The molecule has 3 aliphatic rings. The number of hydrogen-bond donors (Lipinski definition) is 1. The van der Waals surface area contributed by atoms with Gasteiger partial charge in [0.1, 0.15) is 0 Å². The second-order valence-electron chi connectivity index (χ2n) is 10.2. The van der Waals surface area contributed by atoms with Gasteiger partial charge in [-0.25, -0.2) is 0 Å². The maximum atomic E-state index is 15.6. The maximum Gasteiger partial charge on any atom is 0.264 e. The number of nitrogens with zero attached hydrogens (tertiary/aromatic N) is 2. The number of amides is 2. The van der Waals surface area contributed by atoms with E-state index in [0.717, 1.165) is 16.9 Å². The molecular weight excluding hydrogens is 451 g/mol. The molecule has 4 atom stereocenters. The van der Waals surface area contributed by atoms with Gasteiger partial charge in [0.15, 0.2) is 5.60 Å². The van der Waals surface area contributed by atoms with E-state index in [4.69, 9.17) is 4.74 Å². The van der Waals surface area contributed by atoms with E-state index in [-0.39, 0.29) is 24.8 Å². The maximum absolute atomic E-state index is 15.6. The fraction of sp³-hybridized carbons (Fsp3) is 0.462. The third-order valence-electron chi connectivity index (χ3n) is 7.70. The number of aliphatic hydroxyl groups excluding tert-OH is 1. The van der Waals surface area contributed by atoms with Crippen molar-refractivity contribution in [3.05, 3.63) is 59.7 Å². The Balaban J connectivity index is 1.64. The lowest BCUT2D eigenvalue weighted by Gasteiger charge is -2.33. The highest BCUT2D eigenvalue weighted by atomic mass is 28.4. The van der Waals surface area contributed by atoms with Gasteiger partial charge in [-0.3, -0.25) is 9.59 Å². The van der Waals surface area contributed by atoms with Crippen LogP contribution in [0.5, 0.6) is 0 Å². The molecule has 2 fully saturated rings. The largest absolute Gasteiger partial charge is 0.396 e. The van der Waals surface area contributed by atoms with E-state index in [1.165, 1.54) is 0 Å². The number of halogens is 1. The quantitative estimate of drug-likeness (QED) is 0.382. The molecule has 1 spiro atoms. The fourth-order valence-corrected chi connectivity index (χ4v) is 8.65. The Morgan fingerprint density at radius 3 is 2.50 bits per heavy atom. The summed E-state index contributed by atoms with van der Waals surface area (Å²) in [4.78, 5) is 29.8. The van der Waals surface area contributed by atoms with Gasteiger partial charge < -0.3 is 23.8 Å². The molecule has 2 amide bonds. The molecule has 0 radical (unpaired) electrons. The van der Waals surface area contributed by atoms with Crippen molar-refractivity contribution in [2.45, 2.75) is 56.7 Å². The molecule has 2 saturated heterocycles. The summed E-state index contributed by atoms with van der Waals surface area (Å²) >= 11 is 0. The highest BCUT2D eigenvalue weighted by Gasteiger charge is 2.66. The van der Waals surface area contributed by atoms with Crippen LogP contribution in [0.25, 0.3) is 0 Å². The van der Waals surface area contributed by atoms with Crippen LogP contribution in [-0.4, -0.2) is 44.6 Å². The van der Waals surface area contributed by atoms with Crippen LogP contribution in [0.1, 0.15) is 30.9 Å². The fourth-order valence-electron chi connectivity index (χ4n) is 6.11. The Labute approximate surface area is 200 Å². The molecule has 0 aromatic heterocycles. The van der Waals surface area contributed by atoms with Crippen LogP contribution < -0.4 is 9.80 Å². The molecule has 6 nitrogen and oxygen atoms in total. The molecule has 3 heterocycles. The first-order valence-electron chi connectivity index (χ1n) is 12.0. The van der Waals surface area contributed by atoms with Crippen molar-refractivity contribution >= 4 is 31.6 Å². The Morgan fingerprint density at radius 1 is 1.18 bits per heavy atom. The monoisotopic (exact) mass is 482 g/mol. The van der Waals surface area contributed by atoms with E-state index >= 15 is 4.11 Å². The summed E-state index contributed by atoms with van der Waals surface area (Å²) in [5.41, 5.74) is 1.37. The average Bonchev–Trinajstić information content (AvgIpc) is 3.21. The van der Waals surface area contributed by atoms with Crippen LogP contribution in [0.3, 0.4) is 0 Å². The first kappa shape index (κ1) is 23.2. The van der Waals surface area contributed by atoms with Crippen molar-refractivity contribution in [1.29, 1.82) is 0 Å². The lowest BCUT2D eigenvalue weighted by atomic mass is 9.82. The van der Waals surface area contributed by atoms with Crippen molar-refractivity contribution < 1.29 is 23.5 Å². The molecule has 8 heteroatoms. The molecule has 34 heavy (non-hydrogen) atoms. The summed E-state index contributed by atoms with van der Waals surface area (Å²) in [6.07, 6.45) is 0.244. The van der Waals surface area contributed by atoms with Gasteiger partial charge in [-0.15, -0.1) is 0 Å². The Morgan fingerprint density at radius 2 is 1.91 bits per heavy atom. The van der Waals surface area contributed by atoms with Gasteiger partial charge >= 0.3 is 0 Å². The minimum atomic E-state index is -3.24. The first-order chi connectivity index (χ1) is 16.2. The molecule has 0 bridgehead atoms. The number of carbonyl (C=O) groups is 2. The zero-order valence-corrected chi connectivity index (χ0v) is 20.8. The van der Waals surface area contributed by atoms with Crippen LogP contribution in [0.2, 0.25) is 18.6 Å². The van der Waals surface area contributed by atoms with Crippen LogP contribution in [-0.2, 0) is 26.5 Å². The van der Waals surface area contributed by atoms with Crippen molar-refractivity contribution in [2.75, 3.05) is 23.0 Å². The number of anilines is 2. The number of fused-ring (bicyclic) bond motifs is 2. The van der Waals surface area contributed by atoms with E-state index in [1.807, 2.05) is 55.5 Å². The van der Waals surface area contributed by atoms with Gasteiger partial charge in [-0.05, 0) is 43.3 Å². The van der Waals surface area contributed by atoms with Gasteiger partial charge in [-0.2, -0.15) is 0 Å². The first-order valence-corrected chi connectivity index (χ1v) is 14.9. The lowest BCUT2D eigenvalue weighted by molar-refractivity contribution is -0.146. The van der Waals surface area contributed by atoms with Crippen molar-refractivity contribution in [1.82, 2.24) is 0 Å². The number of ether oxygens (including phenoxy) is 1. The number of rotatable bonds is 6. The number of β-lactam (4-membered cyclic amide) rings is 1. The smallest absolute Gasteiger partial charge is 0.264 e. The Kier molecular flexibility index (Phi) is 5.65. The van der Waals surface area contributed by atoms with Gasteiger partial charge in [-0.1, -0.05) is 37.3 Å². The van der Waals surface area contributed by atoms with Crippen molar-refractivity contribution in [2.24, 2.45) is 5.92 Å². The molecule has 180 valence electrons. The third-order valence-corrected chi connectivity index (χ3v) is 10.2. The average molecular weight is 483 g/mol. The summed E-state index contributed by atoms with van der Waals surface area (Å²) in [7, 11) is -3.24. The summed E-state index contributed by atoms with van der Waals surface area (Å²) < 4.78 is 22.2. The topological polar surface area (TPSA) is 70.1 Å². The molecule has 0 unspecified atom stereocenters. The SMILES string of the molecule is C[C@@H]1[C@@H]([Si](C)(C)F)[C@H](CCO)O[C@@]12C(=O)N(Cc1ccccc1)c1ccc(N3CCC3=O)cc12. The Bertz CT molecular complexity index is 1120. The summed E-state index contributed by atoms with van der Waals surface area (Å²) in [6.45, 7) is 6.09. The predicted molar refractivity (Wildman–Crippen MR) is 131 cm³/mol. The molecule has 1 N–H and O–H groups in total. The van der Waals surface area contributed by atoms with Crippen LogP contribution in [0.4, 0.5) is 15.5 Å². The van der Waals surface area contributed by atoms with Gasteiger partial charge in [0.05, 0.1) is 18.3 Å². The highest BCUT2D eigenvalue weighted by molar-refractivity contribution is 6.72. The number of benzene rings is 2.